The number of ether oxygens (including phenoxy) is 1. The summed E-state index contributed by atoms with van der Waals surface area (Å²) in [4.78, 5) is 13.8. The molecule has 0 aliphatic carbocycles. The number of nitrogens with zero attached hydrogens (tertiary/aromatic N) is 1. The van der Waals surface area contributed by atoms with E-state index in [-0.39, 0.29) is 18.1 Å². The molecule has 0 rings (SSSR count). The minimum Gasteiger partial charge on any atom is -0.366 e. The molecule has 0 unspecified atom stereocenters. The zero-order chi connectivity index (χ0) is 13.3. The van der Waals surface area contributed by atoms with Crippen molar-refractivity contribution in [3.05, 3.63) is 0 Å². The monoisotopic (exact) mass is 244 g/mol. The second-order valence-electron chi connectivity index (χ2n) is 5.13. The minimum absolute atomic E-state index is 0.0283. The first-order valence-electron chi connectivity index (χ1n) is 6.52. The van der Waals surface area contributed by atoms with Gasteiger partial charge in [0.1, 0.15) is 6.61 Å². The van der Waals surface area contributed by atoms with Gasteiger partial charge in [-0.05, 0) is 46.8 Å². The maximum Gasteiger partial charge on any atom is 0.246 e. The Bertz CT molecular complexity index is 208. The Morgan fingerprint density at radius 2 is 1.82 bits per heavy atom. The average Bonchev–Trinajstić information content (AvgIpc) is 2.26. The fourth-order valence-electron chi connectivity index (χ4n) is 1.40. The molecule has 0 aliphatic rings. The van der Waals surface area contributed by atoms with Gasteiger partial charge in [0, 0.05) is 6.54 Å². The molecular weight excluding hydrogens is 216 g/mol. The highest BCUT2D eigenvalue weighted by Gasteiger charge is 2.12. The first-order valence-corrected chi connectivity index (χ1v) is 6.52. The number of nitrogens with one attached hydrogen (secondary N) is 1. The van der Waals surface area contributed by atoms with Crippen molar-refractivity contribution in [3.8, 4) is 0 Å². The van der Waals surface area contributed by atoms with Crippen LogP contribution >= 0.6 is 0 Å². The quantitative estimate of drug-likeness (QED) is 0.660. The Morgan fingerprint density at radius 3 is 2.29 bits per heavy atom. The van der Waals surface area contributed by atoms with Crippen LogP contribution in [0.15, 0.2) is 0 Å². The van der Waals surface area contributed by atoms with E-state index in [9.17, 15) is 4.79 Å². The number of carbonyl (C=O) groups excluding carboxylic acids is 1. The lowest BCUT2D eigenvalue weighted by Crippen LogP contribution is -2.34. The van der Waals surface area contributed by atoms with Gasteiger partial charge in [0.2, 0.25) is 5.91 Å². The number of amides is 1. The summed E-state index contributed by atoms with van der Waals surface area (Å²) in [6.45, 7) is 14.2. The highest BCUT2D eigenvalue weighted by atomic mass is 16.5. The standard InChI is InChI=1S/C13H28N2O2/c1-6-15(7-2)10-8-9-14-12(16)11-17-13(3,4)5/h6-11H2,1-5H3,(H,14,16). The maximum atomic E-state index is 11.4. The van der Waals surface area contributed by atoms with E-state index >= 15 is 0 Å². The van der Waals surface area contributed by atoms with Crippen LogP contribution in [0.4, 0.5) is 0 Å². The molecule has 0 saturated heterocycles. The van der Waals surface area contributed by atoms with E-state index in [4.69, 9.17) is 4.74 Å². The molecule has 0 fully saturated rings. The fraction of sp³-hybridized carbons (Fsp3) is 0.923. The topological polar surface area (TPSA) is 41.6 Å². The van der Waals surface area contributed by atoms with Crippen molar-refractivity contribution in [2.75, 3.05) is 32.8 Å². The maximum absolute atomic E-state index is 11.4. The molecule has 0 bridgehead atoms. The molecule has 0 heterocycles. The van der Waals surface area contributed by atoms with Crippen LogP contribution in [-0.2, 0) is 9.53 Å². The van der Waals surface area contributed by atoms with E-state index in [1.807, 2.05) is 20.8 Å². The van der Waals surface area contributed by atoms with Crippen LogP contribution < -0.4 is 5.32 Å². The molecule has 4 heteroatoms. The molecule has 17 heavy (non-hydrogen) atoms. The third kappa shape index (κ3) is 10.3. The first kappa shape index (κ1) is 16.4. The molecule has 102 valence electrons. The van der Waals surface area contributed by atoms with Crippen molar-refractivity contribution < 1.29 is 9.53 Å². The Kier molecular flexibility index (Phi) is 8.17. The van der Waals surface area contributed by atoms with Crippen molar-refractivity contribution in [2.45, 2.75) is 46.6 Å². The summed E-state index contributed by atoms with van der Waals surface area (Å²) in [7, 11) is 0. The molecule has 1 N–H and O–H groups in total. The van der Waals surface area contributed by atoms with Gasteiger partial charge in [-0.3, -0.25) is 4.79 Å². The molecule has 0 atom stereocenters. The van der Waals surface area contributed by atoms with Crippen molar-refractivity contribution in [3.63, 3.8) is 0 Å². The van der Waals surface area contributed by atoms with Crippen molar-refractivity contribution in [1.82, 2.24) is 10.2 Å². The van der Waals surface area contributed by atoms with Gasteiger partial charge in [-0.15, -0.1) is 0 Å². The van der Waals surface area contributed by atoms with Crippen molar-refractivity contribution in [2.24, 2.45) is 0 Å². The van der Waals surface area contributed by atoms with E-state index in [0.29, 0.717) is 0 Å². The minimum atomic E-state index is -0.251. The molecule has 0 aliphatic heterocycles. The Hall–Kier alpha value is -0.610. The van der Waals surface area contributed by atoms with E-state index in [0.717, 1.165) is 32.6 Å². The zero-order valence-corrected chi connectivity index (χ0v) is 12.0. The van der Waals surface area contributed by atoms with Crippen LogP contribution in [0.25, 0.3) is 0 Å². The predicted octanol–water partition coefficient (Wildman–Crippen LogP) is 1.65. The molecule has 0 spiro atoms. The smallest absolute Gasteiger partial charge is 0.246 e. The van der Waals surface area contributed by atoms with Gasteiger partial charge in [-0.1, -0.05) is 13.8 Å². The highest BCUT2D eigenvalue weighted by molar-refractivity contribution is 5.77. The number of hydrogen-bond acceptors (Lipinski definition) is 3. The molecule has 0 saturated carbocycles. The zero-order valence-electron chi connectivity index (χ0n) is 12.0. The van der Waals surface area contributed by atoms with E-state index < -0.39 is 0 Å². The summed E-state index contributed by atoms with van der Waals surface area (Å²) in [5.74, 6) is -0.0283. The molecule has 1 amide bonds. The summed E-state index contributed by atoms with van der Waals surface area (Å²) in [5, 5.41) is 2.87. The van der Waals surface area contributed by atoms with Crippen LogP contribution in [0.1, 0.15) is 41.0 Å². The predicted molar refractivity (Wildman–Crippen MR) is 71.1 cm³/mol. The number of hydrogen-bond donors (Lipinski definition) is 1. The van der Waals surface area contributed by atoms with Crippen LogP contribution in [0.3, 0.4) is 0 Å². The lowest BCUT2D eigenvalue weighted by Gasteiger charge is -2.20. The fourth-order valence-corrected chi connectivity index (χ4v) is 1.40. The Labute approximate surface area is 106 Å². The van der Waals surface area contributed by atoms with Crippen LogP contribution in [-0.4, -0.2) is 49.2 Å². The van der Waals surface area contributed by atoms with E-state index in [1.165, 1.54) is 0 Å². The molecule has 0 aromatic carbocycles. The first-order chi connectivity index (χ1) is 7.89. The molecule has 0 aromatic rings. The molecule has 0 aromatic heterocycles. The second-order valence-corrected chi connectivity index (χ2v) is 5.13. The van der Waals surface area contributed by atoms with E-state index in [2.05, 4.69) is 24.1 Å². The van der Waals surface area contributed by atoms with Gasteiger partial charge in [0.05, 0.1) is 5.60 Å². The SMILES string of the molecule is CCN(CC)CCCNC(=O)COC(C)(C)C. The normalized spacial score (nSPS) is 11.9. The van der Waals surface area contributed by atoms with Crippen molar-refractivity contribution >= 4 is 5.91 Å². The van der Waals surface area contributed by atoms with Gasteiger partial charge in [-0.25, -0.2) is 0 Å². The molecular formula is C13H28N2O2. The summed E-state index contributed by atoms with van der Waals surface area (Å²) < 4.78 is 5.39. The summed E-state index contributed by atoms with van der Waals surface area (Å²) in [6, 6.07) is 0. The van der Waals surface area contributed by atoms with Crippen molar-refractivity contribution in [1.29, 1.82) is 0 Å². The number of carbonyl (C=O) groups is 1. The molecule has 0 radical (unpaired) electrons. The van der Waals surface area contributed by atoms with Gasteiger partial charge in [0.15, 0.2) is 0 Å². The third-order valence-corrected chi connectivity index (χ3v) is 2.50. The summed E-state index contributed by atoms with van der Waals surface area (Å²) >= 11 is 0. The average molecular weight is 244 g/mol. The lowest BCUT2D eigenvalue weighted by molar-refractivity contribution is -0.130. The van der Waals surface area contributed by atoms with Crippen LogP contribution in [0.5, 0.6) is 0 Å². The largest absolute Gasteiger partial charge is 0.366 e. The summed E-state index contributed by atoms with van der Waals surface area (Å²) in [6.07, 6.45) is 0.989. The second kappa shape index (κ2) is 8.48. The van der Waals surface area contributed by atoms with Gasteiger partial charge >= 0.3 is 0 Å². The summed E-state index contributed by atoms with van der Waals surface area (Å²) in [5.41, 5.74) is -0.251. The van der Waals surface area contributed by atoms with Crippen LogP contribution in [0, 0.1) is 0 Å². The lowest BCUT2D eigenvalue weighted by atomic mass is 10.2. The molecule has 4 nitrogen and oxygen atoms in total. The third-order valence-electron chi connectivity index (χ3n) is 2.50. The van der Waals surface area contributed by atoms with Gasteiger partial charge in [0.25, 0.3) is 0 Å². The van der Waals surface area contributed by atoms with Crippen LogP contribution in [0.2, 0.25) is 0 Å². The van der Waals surface area contributed by atoms with Gasteiger partial charge in [-0.2, -0.15) is 0 Å². The number of rotatable bonds is 8. The Morgan fingerprint density at radius 1 is 1.24 bits per heavy atom. The van der Waals surface area contributed by atoms with E-state index in [1.54, 1.807) is 0 Å². The highest BCUT2D eigenvalue weighted by Crippen LogP contribution is 2.05. The Balaban J connectivity index is 3.52. The van der Waals surface area contributed by atoms with Gasteiger partial charge < -0.3 is 15.0 Å².